The number of hydrogen-bond donors (Lipinski definition) is 0. The van der Waals surface area contributed by atoms with Crippen molar-refractivity contribution in [3.8, 4) is 0 Å². The molecule has 0 aromatic carbocycles. The molecule has 2 aromatic heterocycles. The minimum atomic E-state index is 0.378. The van der Waals surface area contributed by atoms with E-state index in [0.29, 0.717) is 17.5 Å². The maximum Gasteiger partial charge on any atom is 0.0736 e. The van der Waals surface area contributed by atoms with Crippen LogP contribution in [-0.4, -0.2) is 44.6 Å². The lowest BCUT2D eigenvalue weighted by Crippen LogP contribution is -2.58. The van der Waals surface area contributed by atoms with Gasteiger partial charge >= 0.3 is 0 Å². The van der Waals surface area contributed by atoms with Crippen LogP contribution in [-0.2, 0) is 17.9 Å². The Balaban J connectivity index is 1.24. The molecule has 2 aliphatic heterocycles. The summed E-state index contributed by atoms with van der Waals surface area (Å²) in [5, 5.41) is 0. The Morgan fingerprint density at radius 2 is 2.00 bits per heavy atom. The lowest BCUT2D eigenvalue weighted by molar-refractivity contribution is 0.0263. The molecule has 0 unspecified atom stereocenters. The summed E-state index contributed by atoms with van der Waals surface area (Å²) in [6, 6.07) is 8.25. The third-order valence-corrected chi connectivity index (χ3v) is 6.14. The van der Waals surface area contributed by atoms with E-state index in [1.807, 2.05) is 24.7 Å². The molecule has 4 rings (SSSR count). The van der Waals surface area contributed by atoms with Crippen molar-refractivity contribution >= 4 is 11.8 Å². The SMILES string of the molecule is c1cncc(CO[C@@H]2CSC3(C2)CN(Cc2ccncc2)C3)c1. The quantitative estimate of drug-likeness (QED) is 0.844. The van der Waals surface area contributed by atoms with E-state index < -0.39 is 0 Å². The molecule has 120 valence electrons. The summed E-state index contributed by atoms with van der Waals surface area (Å²) in [6.45, 7) is 4.06. The Bertz CT molecular complexity index is 631. The maximum absolute atomic E-state index is 6.09. The fourth-order valence-electron chi connectivity index (χ4n) is 3.45. The molecule has 23 heavy (non-hydrogen) atoms. The number of aromatic nitrogens is 2. The molecule has 2 saturated heterocycles. The number of ether oxygens (including phenoxy) is 1. The number of thioether (sulfide) groups is 1. The molecule has 0 amide bonds. The first-order chi connectivity index (χ1) is 11.3. The normalized spacial score (nSPS) is 23.0. The molecule has 0 saturated carbocycles. The van der Waals surface area contributed by atoms with E-state index >= 15 is 0 Å². The van der Waals surface area contributed by atoms with Gasteiger partial charge in [0, 0.05) is 54.9 Å². The molecular weight excluding hydrogens is 306 g/mol. The second-order valence-electron chi connectivity index (χ2n) is 6.49. The van der Waals surface area contributed by atoms with Crippen LogP contribution in [0.1, 0.15) is 17.5 Å². The van der Waals surface area contributed by atoms with Crippen LogP contribution in [0.3, 0.4) is 0 Å². The summed E-state index contributed by atoms with van der Waals surface area (Å²) in [7, 11) is 0. The van der Waals surface area contributed by atoms with E-state index in [9.17, 15) is 0 Å². The van der Waals surface area contributed by atoms with Crippen LogP contribution in [0.15, 0.2) is 49.1 Å². The molecule has 0 radical (unpaired) electrons. The van der Waals surface area contributed by atoms with Crippen LogP contribution in [0.5, 0.6) is 0 Å². The first-order valence-corrected chi connectivity index (χ1v) is 9.06. The van der Waals surface area contributed by atoms with Crippen molar-refractivity contribution in [2.75, 3.05) is 18.8 Å². The fourth-order valence-corrected chi connectivity index (χ4v) is 5.06. The Kier molecular flexibility index (Phi) is 4.33. The van der Waals surface area contributed by atoms with Gasteiger partial charge in [-0.2, -0.15) is 0 Å². The van der Waals surface area contributed by atoms with Crippen LogP contribution in [0.25, 0.3) is 0 Å². The Hall–Kier alpha value is -1.43. The zero-order valence-electron chi connectivity index (χ0n) is 13.1. The smallest absolute Gasteiger partial charge is 0.0736 e. The summed E-state index contributed by atoms with van der Waals surface area (Å²) < 4.78 is 6.51. The number of pyridine rings is 2. The molecule has 4 nitrogen and oxygen atoms in total. The highest BCUT2D eigenvalue weighted by Gasteiger charge is 2.49. The number of rotatable bonds is 5. The minimum Gasteiger partial charge on any atom is -0.373 e. The summed E-state index contributed by atoms with van der Waals surface area (Å²) in [6.07, 6.45) is 8.98. The first kappa shape index (κ1) is 15.1. The zero-order valence-corrected chi connectivity index (χ0v) is 13.9. The van der Waals surface area contributed by atoms with E-state index in [1.165, 1.54) is 25.1 Å². The van der Waals surface area contributed by atoms with Crippen molar-refractivity contribution in [1.82, 2.24) is 14.9 Å². The van der Waals surface area contributed by atoms with E-state index in [2.05, 4.69) is 44.8 Å². The molecule has 2 aromatic rings. The average molecular weight is 327 g/mol. The second kappa shape index (κ2) is 6.59. The van der Waals surface area contributed by atoms with Gasteiger partial charge in [0.2, 0.25) is 0 Å². The van der Waals surface area contributed by atoms with E-state index in [0.717, 1.165) is 17.9 Å². The lowest BCUT2D eigenvalue weighted by atomic mass is 9.92. The van der Waals surface area contributed by atoms with Crippen molar-refractivity contribution in [3.05, 3.63) is 60.2 Å². The Morgan fingerprint density at radius 1 is 1.13 bits per heavy atom. The van der Waals surface area contributed by atoms with Gasteiger partial charge in [0.05, 0.1) is 12.7 Å². The number of likely N-dealkylation sites (tertiary alicyclic amines) is 1. The van der Waals surface area contributed by atoms with Crippen molar-refractivity contribution in [1.29, 1.82) is 0 Å². The van der Waals surface area contributed by atoms with Crippen molar-refractivity contribution in [2.45, 2.75) is 30.4 Å². The molecule has 0 bridgehead atoms. The molecule has 1 spiro atoms. The Labute approximate surface area is 141 Å². The minimum absolute atomic E-state index is 0.378. The van der Waals surface area contributed by atoms with Gasteiger partial charge in [-0.15, -0.1) is 11.8 Å². The monoisotopic (exact) mass is 327 g/mol. The summed E-state index contributed by atoms with van der Waals surface area (Å²) in [5.74, 6) is 1.11. The standard InChI is InChI=1S/C18H21N3OS/c1-2-16(9-20-5-1)11-22-17-8-18(23-12-17)13-21(14-18)10-15-3-6-19-7-4-15/h1-7,9,17H,8,10-14H2/t17-/m0/s1. The van der Waals surface area contributed by atoms with Gasteiger partial charge in [-0.1, -0.05) is 6.07 Å². The van der Waals surface area contributed by atoms with E-state index in [-0.39, 0.29) is 0 Å². The molecule has 1 atom stereocenters. The highest BCUT2D eigenvalue weighted by molar-refractivity contribution is 8.01. The predicted molar refractivity (Wildman–Crippen MR) is 92.1 cm³/mol. The van der Waals surface area contributed by atoms with Crippen molar-refractivity contribution in [2.24, 2.45) is 0 Å². The molecule has 0 N–H and O–H groups in total. The van der Waals surface area contributed by atoms with E-state index in [4.69, 9.17) is 4.74 Å². The fraction of sp³-hybridized carbons (Fsp3) is 0.444. The first-order valence-electron chi connectivity index (χ1n) is 8.07. The van der Waals surface area contributed by atoms with Crippen LogP contribution < -0.4 is 0 Å². The van der Waals surface area contributed by atoms with Crippen molar-refractivity contribution in [3.63, 3.8) is 0 Å². The van der Waals surface area contributed by atoms with Gasteiger partial charge in [0.15, 0.2) is 0 Å². The van der Waals surface area contributed by atoms with Gasteiger partial charge < -0.3 is 4.74 Å². The van der Waals surface area contributed by atoms with Gasteiger partial charge in [0.1, 0.15) is 0 Å². The maximum atomic E-state index is 6.09. The summed E-state index contributed by atoms with van der Waals surface area (Å²) in [4.78, 5) is 10.7. The van der Waals surface area contributed by atoms with Crippen molar-refractivity contribution < 1.29 is 4.74 Å². The Morgan fingerprint density at radius 3 is 2.78 bits per heavy atom. The second-order valence-corrected chi connectivity index (χ2v) is 7.98. The van der Waals surface area contributed by atoms with Crippen LogP contribution >= 0.6 is 11.8 Å². The van der Waals surface area contributed by atoms with Gasteiger partial charge in [0.25, 0.3) is 0 Å². The van der Waals surface area contributed by atoms with Crippen LogP contribution in [0, 0.1) is 0 Å². The third-order valence-electron chi connectivity index (χ3n) is 4.56. The summed E-state index contributed by atoms with van der Waals surface area (Å²) >= 11 is 2.09. The van der Waals surface area contributed by atoms with Gasteiger partial charge in [-0.25, -0.2) is 0 Å². The van der Waals surface area contributed by atoms with Crippen LogP contribution in [0.2, 0.25) is 0 Å². The average Bonchev–Trinajstić information content (AvgIpc) is 2.99. The lowest BCUT2D eigenvalue weighted by Gasteiger charge is -2.47. The highest BCUT2D eigenvalue weighted by Crippen LogP contribution is 2.46. The molecule has 2 fully saturated rings. The van der Waals surface area contributed by atoms with E-state index in [1.54, 1.807) is 6.20 Å². The number of nitrogens with zero attached hydrogens (tertiary/aromatic N) is 3. The molecule has 2 aliphatic rings. The topological polar surface area (TPSA) is 38.2 Å². The van der Waals surface area contributed by atoms with Gasteiger partial charge in [-0.05, 0) is 35.7 Å². The largest absolute Gasteiger partial charge is 0.373 e. The molecule has 5 heteroatoms. The molecule has 4 heterocycles. The summed E-state index contributed by atoms with van der Waals surface area (Å²) in [5.41, 5.74) is 2.51. The predicted octanol–water partition coefficient (Wildman–Crippen LogP) is 2.75. The third kappa shape index (κ3) is 3.57. The highest BCUT2D eigenvalue weighted by atomic mass is 32.2. The van der Waals surface area contributed by atoms with Gasteiger partial charge in [-0.3, -0.25) is 14.9 Å². The molecule has 0 aliphatic carbocycles. The molecular formula is C18H21N3OS. The number of hydrogen-bond acceptors (Lipinski definition) is 5. The van der Waals surface area contributed by atoms with Crippen LogP contribution in [0.4, 0.5) is 0 Å². The zero-order chi connectivity index (χ0) is 15.5.